The lowest BCUT2D eigenvalue weighted by Gasteiger charge is -2.43. The van der Waals surface area contributed by atoms with Gasteiger partial charge in [0, 0.05) is 32.8 Å². The Kier molecular flexibility index (Phi) is 4.52. The maximum Gasteiger partial charge on any atom is 0.282 e. The van der Waals surface area contributed by atoms with Crippen LogP contribution in [0.15, 0.2) is 0 Å². The number of ether oxygens (including phenoxy) is 1. The minimum absolute atomic E-state index is 0.271. The van der Waals surface area contributed by atoms with E-state index in [4.69, 9.17) is 4.74 Å². The highest BCUT2D eigenvalue weighted by Crippen LogP contribution is 2.36. The number of aliphatic hydroxyl groups is 1. The van der Waals surface area contributed by atoms with E-state index in [1.807, 2.05) is 13.8 Å². The van der Waals surface area contributed by atoms with E-state index in [0.29, 0.717) is 32.7 Å². The van der Waals surface area contributed by atoms with Gasteiger partial charge in [0.15, 0.2) is 0 Å². The maximum atomic E-state index is 12.5. The Balaban J connectivity index is 2.18. The molecule has 19 heavy (non-hydrogen) atoms. The average Bonchev–Trinajstić information content (AvgIpc) is 2.83. The van der Waals surface area contributed by atoms with Crippen LogP contribution < -0.4 is 0 Å². The summed E-state index contributed by atoms with van der Waals surface area (Å²) >= 11 is 0. The number of hydrogen-bond donors (Lipinski definition) is 1. The maximum absolute atomic E-state index is 12.5. The molecule has 0 amide bonds. The minimum Gasteiger partial charge on any atom is -0.390 e. The molecule has 0 saturated carbocycles. The fraction of sp³-hybridized carbons (Fsp3) is 1.00. The SMILES string of the molecule is CCN(CC)S(=O)(=O)N1CC[C@H](O)[C@]2(CCCO2)C1. The molecule has 1 N–H and O–H groups in total. The topological polar surface area (TPSA) is 70.1 Å². The zero-order chi connectivity index (χ0) is 14.1. The molecule has 2 fully saturated rings. The van der Waals surface area contributed by atoms with Gasteiger partial charge >= 0.3 is 0 Å². The molecule has 0 unspecified atom stereocenters. The highest BCUT2D eigenvalue weighted by molar-refractivity contribution is 7.86. The molecule has 6 nitrogen and oxygen atoms in total. The lowest BCUT2D eigenvalue weighted by Crippen LogP contribution is -2.59. The Morgan fingerprint density at radius 1 is 1.42 bits per heavy atom. The number of nitrogens with zero attached hydrogens (tertiary/aromatic N) is 2. The van der Waals surface area contributed by atoms with E-state index >= 15 is 0 Å². The fourth-order valence-electron chi connectivity index (χ4n) is 3.03. The Bertz CT molecular complexity index is 402. The Morgan fingerprint density at radius 2 is 2.11 bits per heavy atom. The monoisotopic (exact) mass is 292 g/mol. The van der Waals surface area contributed by atoms with E-state index in [2.05, 4.69) is 0 Å². The van der Waals surface area contributed by atoms with Gasteiger partial charge in [0.1, 0.15) is 5.60 Å². The summed E-state index contributed by atoms with van der Waals surface area (Å²) in [5.74, 6) is 0. The first-order chi connectivity index (χ1) is 8.96. The third kappa shape index (κ3) is 2.67. The van der Waals surface area contributed by atoms with Gasteiger partial charge in [0.05, 0.1) is 6.10 Å². The molecule has 2 aliphatic heterocycles. The van der Waals surface area contributed by atoms with Crippen LogP contribution in [0.1, 0.15) is 33.1 Å². The van der Waals surface area contributed by atoms with Gasteiger partial charge in [0.25, 0.3) is 10.2 Å². The van der Waals surface area contributed by atoms with Gasteiger partial charge in [-0.1, -0.05) is 13.8 Å². The molecule has 2 rings (SSSR count). The van der Waals surface area contributed by atoms with Crippen molar-refractivity contribution in [3.05, 3.63) is 0 Å². The van der Waals surface area contributed by atoms with E-state index < -0.39 is 21.9 Å². The summed E-state index contributed by atoms with van der Waals surface area (Å²) in [5, 5.41) is 10.1. The molecule has 1 spiro atoms. The van der Waals surface area contributed by atoms with Crippen LogP contribution >= 0.6 is 0 Å². The molecule has 2 aliphatic rings. The first-order valence-corrected chi connectivity index (χ1v) is 8.43. The van der Waals surface area contributed by atoms with Crippen molar-refractivity contribution >= 4 is 10.2 Å². The van der Waals surface area contributed by atoms with Gasteiger partial charge in [-0.15, -0.1) is 0 Å². The van der Waals surface area contributed by atoms with Crippen molar-refractivity contribution in [1.29, 1.82) is 0 Å². The van der Waals surface area contributed by atoms with E-state index in [0.717, 1.165) is 12.8 Å². The second-order valence-corrected chi connectivity index (χ2v) is 7.18. The fourth-order valence-corrected chi connectivity index (χ4v) is 4.73. The van der Waals surface area contributed by atoms with Gasteiger partial charge in [-0.3, -0.25) is 0 Å². The highest BCUT2D eigenvalue weighted by atomic mass is 32.2. The van der Waals surface area contributed by atoms with E-state index in [9.17, 15) is 13.5 Å². The summed E-state index contributed by atoms with van der Waals surface area (Å²) in [7, 11) is -3.44. The number of hydrogen-bond acceptors (Lipinski definition) is 4. The van der Waals surface area contributed by atoms with Crippen molar-refractivity contribution in [2.75, 3.05) is 32.8 Å². The normalized spacial score (nSPS) is 33.4. The second-order valence-electron chi connectivity index (χ2n) is 5.25. The minimum atomic E-state index is -3.44. The summed E-state index contributed by atoms with van der Waals surface area (Å²) < 4.78 is 33.6. The predicted molar refractivity (Wildman–Crippen MR) is 72.0 cm³/mol. The van der Waals surface area contributed by atoms with Crippen LogP contribution in [0, 0.1) is 0 Å². The van der Waals surface area contributed by atoms with Gasteiger partial charge in [-0.2, -0.15) is 17.0 Å². The first-order valence-electron chi connectivity index (χ1n) is 7.03. The van der Waals surface area contributed by atoms with Crippen LogP contribution in [0.4, 0.5) is 0 Å². The number of piperidine rings is 1. The smallest absolute Gasteiger partial charge is 0.282 e. The third-order valence-corrected chi connectivity index (χ3v) is 6.33. The van der Waals surface area contributed by atoms with Crippen molar-refractivity contribution in [2.45, 2.75) is 44.8 Å². The molecule has 2 atom stereocenters. The zero-order valence-corrected chi connectivity index (χ0v) is 12.5. The van der Waals surface area contributed by atoms with E-state index in [1.54, 1.807) is 0 Å². The molecule has 112 valence electrons. The summed E-state index contributed by atoms with van der Waals surface area (Å²) in [6, 6.07) is 0. The molecule has 0 aromatic carbocycles. The van der Waals surface area contributed by atoms with Crippen LogP contribution in [0.3, 0.4) is 0 Å². The average molecular weight is 292 g/mol. The molecule has 2 saturated heterocycles. The summed E-state index contributed by atoms with van der Waals surface area (Å²) in [6.07, 6.45) is 1.51. The molecule has 7 heteroatoms. The van der Waals surface area contributed by atoms with Gasteiger partial charge in [-0.05, 0) is 19.3 Å². The number of rotatable bonds is 4. The van der Waals surface area contributed by atoms with E-state index in [-0.39, 0.29) is 6.54 Å². The number of aliphatic hydroxyl groups excluding tert-OH is 1. The van der Waals surface area contributed by atoms with Gasteiger partial charge in [-0.25, -0.2) is 0 Å². The predicted octanol–water partition coefficient (Wildman–Crippen LogP) is 0.189. The van der Waals surface area contributed by atoms with Crippen LogP contribution in [0.2, 0.25) is 0 Å². The third-order valence-electron chi connectivity index (χ3n) is 4.20. The Hall–Kier alpha value is -0.210. The summed E-state index contributed by atoms with van der Waals surface area (Å²) in [6.45, 7) is 5.84. The van der Waals surface area contributed by atoms with E-state index in [1.165, 1.54) is 8.61 Å². The highest BCUT2D eigenvalue weighted by Gasteiger charge is 2.49. The van der Waals surface area contributed by atoms with Crippen LogP contribution in [0.25, 0.3) is 0 Å². The molecule has 0 aromatic heterocycles. The first kappa shape index (κ1) is 15.2. The van der Waals surface area contributed by atoms with Crippen molar-refractivity contribution < 1.29 is 18.3 Å². The lowest BCUT2D eigenvalue weighted by atomic mass is 9.88. The molecule has 0 aliphatic carbocycles. The standard InChI is InChI=1S/C12H24N2O4S/c1-3-13(4-2)19(16,17)14-8-6-11(15)12(10-14)7-5-9-18-12/h11,15H,3-10H2,1-2H3/t11-,12-/m0/s1. The quantitative estimate of drug-likeness (QED) is 0.803. The van der Waals surface area contributed by atoms with Crippen LogP contribution in [0.5, 0.6) is 0 Å². The molecule has 0 aromatic rings. The lowest BCUT2D eigenvalue weighted by molar-refractivity contribution is -0.118. The molecular formula is C12H24N2O4S. The van der Waals surface area contributed by atoms with Crippen molar-refractivity contribution in [3.63, 3.8) is 0 Å². The Labute approximate surface area is 115 Å². The molecule has 2 heterocycles. The van der Waals surface area contributed by atoms with Crippen molar-refractivity contribution in [2.24, 2.45) is 0 Å². The second kappa shape index (κ2) is 5.65. The molecule has 0 radical (unpaired) electrons. The van der Waals surface area contributed by atoms with Crippen molar-refractivity contribution in [3.8, 4) is 0 Å². The molecular weight excluding hydrogens is 268 g/mol. The van der Waals surface area contributed by atoms with Gasteiger partial charge in [0.2, 0.25) is 0 Å². The van der Waals surface area contributed by atoms with Crippen LogP contribution in [-0.4, -0.2) is 66.6 Å². The zero-order valence-electron chi connectivity index (χ0n) is 11.7. The molecule has 0 bridgehead atoms. The van der Waals surface area contributed by atoms with Gasteiger partial charge < -0.3 is 9.84 Å². The largest absolute Gasteiger partial charge is 0.390 e. The van der Waals surface area contributed by atoms with Crippen molar-refractivity contribution in [1.82, 2.24) is 8.61 Å². The summed E-state index contributed by atoms with van der Waals surface area (Å²) in [4.78, 5) is 0. The Morgan fingerprint density at radius 3 is 2.63 bits per heavy atom. The van der Waals surface area contributed by atoms with Crippen LogP contribution in [-0.2, 0) is 14.9 Å². The summed E-state index contributed by atoms with van der Waals surface area (Å²) in [5.41, 5.74) is -0.682.